The Morgan fingerprint density at radius 1 is 0.911 bits per heavy atom. The van der Waals surface area contributed by atoms with Crippen LogP contribution in [-0.4, -0.2) is 78.3 Å². The zero-order valence-electron chi connectivity index (χ0n) is 25.3. The highest BCUT2D eigenvalue weighted by atomic mass is 32.1. The van der Waals surface area contributed by atoms with Gasteiger partial charge in [-0.05, 0) is 117 Å². The van der Waals surface area contributed by atoms with E-state index in [1.165, 1.54) is 24.2 Å². The SMILES string of the molecule is O=C(c1ccc(O[C@H]2CCCC[C@@H]2N2CCOC2=O)cc1)c1c(-c2ccc(OCCN3CCCC3)cc2)sc2cc(O)ccc12. The highest BCUT2D eigenvalue weighted by Gasteiger charge is 2.37. The van der Waals surface area contributed by atoms with E-state index >= 15 is 0 Å². The van der Waals surface area contributed by atoms with Crippen molar-refractivity contribution in [2.24, 2.45) is 0 Å². The van der Waals surface area contributed by atoms with Gasteiger partial charge in [0.05, 0.1) is 12.6 Å². The van der Waals surface area contributed by atoms with Gasteiger partial charge in [-0.2, -0.15) is 0 Å². The molecule has 2 aliphatic heterocycles. The van der Waals surface area contributed by atoms with Gasteiger partial charge in [0.15, 0.2) is 5.78 Å². The van der Waals surface area contributed by atoms with E-state index in [-0.39, 0.29) is 29.8 Å². The molecular formula is C36H38N2O6S. The number of likely N-dealkylation sites (tertiary alicyclic amines) is 1. The van der Waals surface area contributed by atoms with E-state index in [4.69, 9.17) is 14.2 Å². The van der Waals surface area contributed by atoms with Crippen LogP contribution in [0.3, 0.4) is 0 Å². The minimum absolute atomic E-state index is 0.00642. The van der Waals surface area contributed by atoms with Crippen molar-refractivity contribution < 1.29 is 28.9 Å². The van der Waals surface area contributed by atoms with E-state index in [0.29, 0.717) is 36.6 Å². The van der Waals surface area contributed by atoms with Crippen molar-refractivity contribution >= 4 is 33.3 Å². The molecule has 3 heterocycles. The second kappa shape index (κ2) is 13.1. The predicted octanol–water partition coefficient (Wildman–Crippen LogP) is 7.12. The predicted molar refractivity (Wildman–Crippen MR) is 175 cm³/mol. The third kappa shape index (κ3) is 6.37. The van der Waals surface area contributed by atoms with Crippen molar-refractivity contribution in [3.63, 3.8) is 0 Å². The molecule has 0 spiro atoms. The first-order valence-corrected chi connectivity index (χ1v) is 16.8. The number of nitrogens with zero attached hydrogens (tertiary/aromatic N) is 2. The Labute approximate surface area is 267 Å². The maximum absolute atomic E-state index is 14.1. The third-order valence-corrected chi connectivity index (χ3v) is 10.4. The van der Waals surface area contributed by atoms with Crippen LogP contribution in [0.25, 0.3) is 20.5 Å². The molecule has 7 rings (SSSR count). The zero-order chi connectivity index (χ0) is 30.8. The normalized spacial score (nSPS) is 20.4. The molecule has 4 aromatic rings. The highest BCUT2D eigenvalue weighted by molar-refractivity contribution is 7.22. The molecule has 1 N–H and O–H groups in total. The minimum Gasteiger partial charge on any atom is -0.508 e. The van der Waals surface area contributed by atoms with Crippen molar-refractivity contribution in [1.29, 1.82) is 0 Å². The van der Waals surface area contributed by atoms with Gasteiger partial charge in [-0.1, -0.05) is 6.42 Å². The maximum Gasteiger partial charge on any atom is 0.410 e. The Morgan fingerprint density at radius 3 is 2.42 bits per heavy atom. The topological polar surface area (TPSA) is 88.5 Å². The van der Waals surface area contributed by atoms with Crippen LogP contribution in [0.2, 0.25) is 0 Å². The second-order valence-electron chi connectivity index (χ2n) is 12.1. The Morgan fingerprint density at radius 2 is 1.67 bits per heavy atom. The van der Waals surface area contributed by atoms with Crippen LogP contribution >= 0.6 is 11.3 Å². The zero-order valence-corrected chi connectivity index (χ0v) is 26.1. The fourth-order valence-electron chi connectivity index (χ4n) is 6.80. The summed E-state index contributed by atoms with van der Waals surface area (Å²) in [6, 6.07) is 20.4. The molecule has 9 heteroatoms. The molecule has 234 valence electrons. The molecule has 8 nitrogen and oxygen atoms in total. The molecule has 2 atom stereocenters. The highest BCUT2D eigenvalue weighted by Crippen LogP contribution is 2.42. The van der Waals surface area contributed by atoms with Gasteiger partial charge in [-0.3, -0.25) is 14.6 Å². The number of cyclic esters (lactones) is 1. The lowest BCUT2D eigenvalue weighted by Crippen LogP contribution is -2.48. The monoisotopic (exact) mass is 626 g/mol. The fraction of sp³-hybridized carbons (Fsp3) is 0.389. The lowest BCUT2D eigenvalue weighted by atomic mass is 9.91. The number of rotatable bonds is 10. The van der Waals surface area contributed by atoms with Crippen LogP contribution in [0, 0.1) is 0 Å². The Kier molecular flexibility index (Phi) is 8.63. The van der Waals surface area contributed by atoms with Gasteiger partial charge in [0.2, 0.25) is 0 Å². The van der Waals surface area contributed by atoms with Crippen LogP contribution in [0.4, 0.5) is 4.79 Å². The number of carbonyl (C=O) groups excluding carboxylic acids is 2. The Bertz CT molecular complexity index is 1660. The van der Waals surface area contributed by atoms with Gasteiger partial charge in [0.25, 0.3) is 0 Å². The summed E-state index contributed by atoms with van der Waals surface area (Å²) >= 11 is 1.50. The summed E-state index contributed by atoms with van der Waals surface area (Å²) in [6.07, 6.45) is 6.03. The summed E-state index contributed by atoms with van der Waals surface area (Å²) in [5.41, 5.74) is 2.10. The standard InChI is InChI=1S/C36H38N2O6S/c39-26-11-16-29-32(23-26)45-35(25-9-12-27(13-10-25)42-21-19-37-17-3-4-18-37)33(29)34(40)24-7-14-28(15-8-24)44-31-6-2-1-5-30(31)38-20-22-43-36(38)41/h7-16,23,30-31,39H,1-6,17-22H2/t30-,31-/m0/s1. The number of benzene rings is 3. The van der Waals surface area contributed by atoms with E-state index in [9.17, 15) is 14.7 Å². The number of carbonyl (C=O) groups is 2. The van der Waals surface area contributed by atoms with Crippen LogP contribution in [0.15, 0.2) is 66.7 Å². The second-order valence-corrected chi connectivity index (χ2v) is 13.1. The summed E-state index contributed by atoms with van der Waals surface area (Å²) in [4.78, 5) is 31.4. The molecule has 3 aliphatic rings. The van der Waals surface area contributed by atoms with Crippen LogP contribution in [0.5, 0.6) is 17.2 Å². The number of phenolic OH excluding ortho intramolecular Hbond substituents is 1. The van der Waals surface area contributed by atoms with Crippen LogP contribution in [0.1, 0.15) is 54.4 Å². The number of ketones is 1. The van der Waals surface area contributed by atoms with Gasteiger partial charge in [0.1, 0.15) is 36.6 Å². The average molecular weight is 627 g/mol. The molecular weight excluding hydrogens is 588 g/mol. The largest absolute Gasteiger partial charge is 0.508 e. The van der Waals surface area contributed by atoms with Crippen molar-refractivity contribution in [3.05, 3.63) is 77.9 Å². The maximum atomic E-state index is 14.1. The Balaban J connectivity index is 1.10. The number of phenols is 1. The lowest BCUT2D eigenvalue weighted by Gasteiger charge is -2.36. The Hall–Kier alpha value is -4.08. The van der Waals surface area contributed by atoms with E-state index in [2.05, 4.69) is 4.90 Å². The summed E-state index contributed by atoms with van der Waals surface area (Å²) in [5, 5.41) is 11.0. The molecule has 45 heavy (non-hydrogen) atoms. The van der Waals surface area contributed by atoms with Gasteiger partial charge >= 0.3 is 6.09 Å². The molecule has 0 radical (unpaired) electrons. The number of hydrogen-bond acceptors (Lipinski definition) is 8. The number of amides is 1. The van der Waals surface area contributed by atoms with Crippen molar-refractivity contribution in [3.8, 4) is 27.7 Å². The summed E-state index contributed by atoms with van der Waals surface area (Å²) in [5.74, 6) is 1.56. The van der Waals surface area contributed by atoms with Gasteiger partial charge in [0, 0.05) is 32.6 Å². The van der Waals surface area contributed by atoms with E-state index in [0.717, 1.165) is 71.6 Å². The quantitative estimate of drug-likeness (QED) is 0.188. The number of hydrogen-bond donors (Lipinski definition) is 1. The molecule has 3 aromatic carbocycles. The number of ether oxygens (including phenoxy) is 3. The van der Waals surface area contributed by atoms with E-state index in [1.807, 2.05) is 54.6 Å². The van der Waals surface area contributed by atoms with Gasteiger partial charge in [-0.15, -0.1) is 11.3 Å². The molecule has 1 saturated carbocycles. The molecule has 0 bridgehead atoms. The van der Waals surface area contributed by atoms with E-state index in [1.54, 1.807) is 17.0 Å². The van der Waals surface area contributed by atoms with E-state index < -0.39 is 0 Å². The number of aromatic hydroxyl groups is 1. The lowest BCUT2D eigenvalue weighted by molar-refractivity contribution is 0.0572. The first-order valence-electron chi connectivity index (χ1n) is 16.0. The minimum atomic E-state index is -0.261. The van der Waals surface area contributed by atoms with Crippen LogP contribution in [-0.2, 0) is 4.74 Å². The van der Waals surface area contributed by atoms with Crippen LogP contribution < -0.4 is 9.47 Å². The first-order chi connectivity index (χ1) is 22.0. The van der Waals surface area contributed by atoms with Gasteiger partial charge in [-0.25, -0.2) is 4.79 Å². The molecule has 1 aromatic heterocycles. The first kappa shape index (κ1) is 29.6. The average Bonchev–Trinajstić information content (AvgIpc) is 3.82. The molecule has 1 aliphatic carbocycles. The van der Waals surface area contributed by atoms with Gasteiger partial charge < -0.3 is 19.3 Å². The summed E-state index contributed by atoms with van der Waals surface area (Å²) in [6.45, 7) is 4.89. The van der Waals surface area contributed by atoms with Crippen molar-refractivity contribution in [1.82, 2.24) is 9.80 Å². The smallest absolute Gasteiger partial charge is 0.410 e. The molecule has 2 saturated heterocycles. The number of fused-ring (bicyclic) bond motifs is 1. The summed E-state index contributed by atoms with van der Waals surface area (Å²) < 4.78 is 18.4. The third-order valence-electron chi connectivity index (χ3n) is 9.16. The molecule has 3 fully saturated rings. The molecule has 1 amide bonds. The van der Waals surface area contributed by atoms with Crippen molar-refractivity contribution in [2.75, 3.05) is 39.4 Å². The number of thiophene rings is 1. The summed E-state index contributed by atoms with van der Waals surface area (Å²) in [7, 11) is 0. The molecule has 0 unspecified atom stereocenters. The van der Waals surface area contributed by atoms with Crippen molar-refractivity contribution in [2.45, 2.75) is 50.7 Å². The fourth-order valence-corrected chi connectivity index (χ4v) is 8.04.